The average Bonchev–Trinajstić information content (AvgIpc) is 2.63. The molecule has 0 saturated carbocycles. The monoisotopic (exact) mass is 642 g/mol. The minimum absolute atomic E-state index is 0.196. The summed E-state index contributed by atoms with van der Waals surface area (Å²) in [5.74, 6) is -10.5. The maximum Gasteiger partial charge on any atom is 0.419 e. The van der Waals surface area contributed by atoms with Crippen molar-refractivity contribution in [3.8, 4) is 0 Å². The van der Waals surface area contributed by atoms with Crippen molar-refractivity contribution >= 4 is 23.2 Å². The maximum atomic E-state index is 13.5. The predicted octanol–water partition coefficient (Wildman–Crippen LogP) is 8.12. The third-order valence-corrected chi connectivity index (χ3v) is 5.21. The van der Waals surface area contributed by atoms with Gasteiger partial charge in [-0.25, -0.2) is 4.98 Å². The van der Waals surface area contributed by atoms with Crippen molar-refractivity contribution in [1.82, 2.24) is 15.0 Å². The van der Waals surface area contributed by atoms with Gasteiger partial charge in [-0.05, 0) is 24.3 Å². The van der Waals surface area contributed by atoms with Crippen LogP contribution in [0.5, 0.6) is 0 Å². The van der Waals surface area contributed by atoms with Gasteiger partial charge in [-0.2, -0.15) is 89.0 Å². The molecule has 0 aliphatic rings. The molecule has 2 rings (SSSR count). The van der Waals surface area contributed by atoms with Crippen molar-refractivity contribution in [2.45, 2.75) is 47.9 Å². The van der Waals surface area contributed by atoms with Crippen LogP contribution in [0.15, 0.2) is 24.3 Å². The van der Waals surface area contributed by atoms with Gasteiger partial charge in [0.15, 0.2) is 11.6 Å². The number of hydrogen-bond donors (Lipinski definition) is 1. The fraction of sp³-hybridized carbons (Fsp3) is 0.471. The van der Waals surface area contributed by atoms with Crippen molar-refractivity contribution in [1.29, 1.82) is 0 Å². The van der Waals surface area contributed by atoms with Crippen molar-refractivity contribution in [3.05, 3.63) is 40.9 Å². The molecular weight excluding hydrogens is 638 g/mol. The van der Waals surface area contributed by atoms with E-state index in [1.54, 1.807) is 0 Å². The molecule has 0 aliphatic carbocycles. The van der Waals surface area contributed by atoms with E-state index in [0.29, 0.717) is 12.1 Å². The van der Waals surface area contributed by atoms with Crippen LogP contribution in [0.1, 0.15) is 11.6 Å². The first kappa shape index (κ1) is 33.3. The normalized spacial score (nSPS) is 14.9. The van der Waals surface area contributed by atoms with Crippen LogP contribution in [0.4, 0.5) is 90.7 Å². The van der Waals surface area contributed by atoms with E-state index in [4.69, 9.17) is 11.6 Å². The largest absolute Gasteiger partial charge is 0.419 e. The van der Waals surface area contributed by atoms with Gasteiger partial charge in [-0.1, -0.05) is 11.6 Å². The highest BCUT2D eigenvalue weighted by Gasteiger charge is 2.89. The van der Waals surface area contributed by atoms with E-state index in [0.717, 1.165) is 12.1 Å². The molecule has 0 fully saturated rings. The first-order valence-electron chi connectivity index (χ1n) is 9.25. The molecule has 0 saturated heterocycles. The summed E-state index contributed by atoms with van der Waals surface area (Å²) < 4.78 is 244. The van der Waals surface area contributed by atoms with E-state index >= 15 is 0 Å². The van der Waals surface area contributed by atoms with Gasteiger partial charge < -0.3 is 5.32 Å². The first-order valence-corrected chi connectivity index (χ1v) is 9.63. The van der Waals surface area contributed by atoms with E-state index < -0.39 is 71.2 Å². The number of benzene rings is 1. The fourth-order valence-corrected chi connectivity index (χ4v) is 3.28. The van der Waals surface area contributed by atoms with Crippen molar-refractivity contribution < 1.29 is 79.0 Å². The van der Waals surface area contributed by atoms with Crippen LogP contribution in [-0.4, -0.2) is 52.0 Å². The minimum Gasteiger partial charge on any atom is -0.324 e. The molecule has 0 spiro atoms. The molecule has 0 atom stereocenters. The van der Waals surface area contributed by atoms with Crippen LogP contribution < -0.4 is 5.32 Å². The van der Waals surface area contributed by atoms with E-state index in [2.05, 4.69) is 9.97 Å². The molecule has 0 radical (unpaired) electrons. The van der Waals surface area contributed by atoms with Crippen LogP contribution in [0.2, 0.25) is 5.02 Å². The smallest absolute Gasteiger partial charge is 0.324 e. The molecule has 226 valence electrons. The van der Waals surface area contributed by atoms with Gasteiger partial charge in [-0.3, -0.25) is 0 Å². The molecule has 1 aromatic carbocycles. The van der Waals surface area contributed by atoms with Crippen LogP contribution >= 0.6 is 11.6 Å². The Bertz CT molecular complexity index is 1060. The summed E-state index contributed by atoms with van der Waals surface area (Å²) in [5.41, 5.74) is -15.8. The molecule has 2 aromatic rings. The van der Waals surface area contributed by atoms with Gasteiger partial charge in [0.2, 0.25) is 5.95 Å². The summed E-state index contributed by atoms with van der Waals surface area (Å²) in [4.78, 5) is 5.44. The number of aromatic nitrogens is 3. The quantitative estimate of drug-likeness (QED) is 0.343. The lowest BCUT2D eigenvalue weighted by Gasteiger charge is -2.39. The summed E-state index contributed by atoms with van der Waals surface area (Å²) in [6.07, 6.45) is -46.5. The van der Waals surface area contributed by atoms with Gasteiger partial charge in [0.05, 0.1) is 0 Å². The Morgan fingerprint density at radius 1 is 0.450 bits per heavy atom. The highest BCUT2D eigenvalue weighted by atomic mass is 35.5. The zero-order chi connectivity index (χ0) is 31.5. The van der Waals surface area contributed by atoms with E-state index in [1.165, 1.54) is 10.3 Å². The summed E-state index contributed by atoms with van der Waals surface area (Å²) in [6.45, 7) is 0. The Morgan fingerprint density at radius 3 is 0.975 bits per heavy atom. The molecule has 0 aliphatic heterocycles. The lowest BCUT2D eigenvalue weighted by Crippen LogP contribution is -2.66. The van der Waals surface area contributed by atoms with Gasteiger partial charge in [0.25, 0.3) is 0 Å². The third-order valence-electron chi connectivity index (χ3n) is 4.96. The van der Waals surface area contributed by atoms with Gasteiger partial charge in [-0.15, -0.1) is 0 Å². The summed E-state index contributed by atoms with van der Waals surface area (Å²) in [6, 6.07) is 2.90. The maximum absolute atomic E-state index is 13.5. The Morgan fingerprint density at radius 2 is 0.725 bits per heavy atom. The Hall–Kier alpha value is -2.94. The van der Waals surface area contributed by atoms with Gasteiger partial charge >= 0.3 is 47.9 Å². The van der Waals surface area contributed by atoms with Crippen LogP contribution in [-0.2, 0) is 10.8 Å². The van der Waals surface area contributed by atoms with E-state index in [-0.39, 0.29) is 5.02 Å². The van der Waals surface area contributed by atoms with Gasteiger partial charge in [0, 0.05) is 10.7 Å². The Balaban J connectivity index is 3.26. The van der Waals surface area contributed by atoms with Crippen LogP contribution in [0.25, 0.3) is 0 Å². The van der Waals surface area contributed by atoms with E-state index in [9.17, 15) is 79.0 Å². The summed E-state index contributed by atoms with van der Waals surface area (Å²) in [7, 11) is 0. The zero-order valence-corrected chi connectivity index (χ0v) is 18.6. The predicted molar refractivity (Wildman–Crippen MR) is 94.2 cm³/mol. The minimum atomic E-state index is -7.75. The molecule has 1 N–H and O–H groups in total. The molecular formula is C17H5ClF18N4. The topological polar surface area (TPSA) is 50.7 Å². The lowest BCUT2D eigenvalue weighted by molar-refractivity contribution is -0.391. The average molecular weight is 643 g/mol. The number of hydrogen-bond acceptors (Lipinski definition) is 4. The summed E-state index contributed by atoms with van der Waals surface area (Å²) in [5, 5.41) is 1.14. The molecule has 1 heterocycles. The number of halogens is 19. The fourth-order valence-electron chi connectivity index (χ4n) is 3.15. The van der Waals surface area contributed by atoms with Crippen LogP contribution in [0, 0.1) is 0 Å². The van der Waals surface area contributed by atoms with Crippen molar-refractivity contribution in [3.63, 3.8) is 0 Å². The zero-order valence-electron chi connectivity index (χ0n) is 17.8. The molecule has 0 bridgehead atoms. The lowest BCUT2D eigenvalue weighted by atomic mass is 9.82. The molecule has 0 amide bonds. The second-order valence-electron chi connectivity index (χ2n) is 7.42. The first-order chi connectivity index (χ1) is 17.6. The van der Waals surface area contributed by atoms with Crippen molar-refractivity contribution in [2.75, 3.05) is 5.32 Å². The molecule has 4 nitrogen and oxygen atoms in total. The summed E-state index contributed by atoms with van der Waals surface area (Å²) >= 11 is 5.47. The number of alkyl halides is 18. The molecule has 1 aromatic heterocycles. The second kappa shape index (κ2) is 9.57. The highest BCUT2D eigenvalue weighted by molar-refractivity contribution is 6.30. The molecule has 23 heteroatoms. The van der Waals surface area contributed by atoms with Gasteiger partial charge in [0.1, 0.15) is 0 Å². The number of rotatable bonds is 4. The Labute approximate surface area is 212 Å². The SMILES string of the molecule is FC(F)(F)C(c1nc(Nc2ccc(Cl)cc2)nc(C(C(F)(F)F)(C(F)(F)F)C(F)(F)F)n1)(C(F)(F)F)C(F)(F)F. The second-order valence-corrected chi connectivity index (χ2v) is 7.86. The number of nitrogens with one attached hydrogen (secondary N) is 1. The molecule has 0 unspecified atom stereocenters. The number of anilines is 2. The van der Waals surface area contributed by atoms with Crippen LogP contribution in [0.3, 0.4) is 0 Å². The van der Waals surface area contributed by atoms with E-state index in [1.807, 2.05) is 0 Å². The van der Waals surface area contributed by atoms with Crippen molar-refractivity contribution in [2.24, 2.45) is 0 Å². The number of nitrogens with zero attached hydrogens (tertiary/aromatic N) is 3. The Kier molecular flexibility index (Phi) is 7.96. The highest BCUT2D eigenvalue weighted by Crippen LogP contribution is 2.62. The third kappa shape index (κ3) is 5.13. The molecule has 40 heavy (non-hydrogen) atoms. The standard InChI is InChI=1S/C17H5ClF18N4/c18-5-1-3-6(4-2-5)37-9-39-7(10(12(19,20)21,13(22,23)24)14(25,26)27)38-8(40-9)11(15(28,29)30,16(31,32)33)17(34,35)36/h1-4H,(H,37,38,39,40).